The Morgan fingerprint density at radius 1 is 1.18 bits per heavy atom. The van der Waals surface area contributed by atoms with Gasteiger partial charge < -0.3 is 18.9 Å². The van der Waals surface area contributed by atoms with E-state index in [4.69, 9.17) is 18.9 Å². The maximum atomic E-state index is 12.2. The fourth-order valence-corrected chi connectivity index (χ4v) is 2.34. The average molecular weight is 308 g/mol. The molecule has 0 spiro atoms. The van der Waals surface area contributed by atoms with Gasteiger partial charge in [0.2, 0.25) is 6.29 Å². The molecule has 22 heavy (non-hydrogen) atoms. The molecule has 1 aromatic carbocycles. The first-order valence-electron chi connectivity index (χ1n) is 7.78. The molecule has 2 atom stereocenters. The SMILES string of the molecule is CCCCCC[C@H]1O[C@H]1OC(=O)c1ccc(OC)cc1OC. The zero-order valence-electron chi connectivity index (χ0n) is 13.5. The van der Waals surface area contributed by atoms with Crippen molar-refractivity contribution in [3.05, 3.63) is 23.8 Å². The lowest BCUT2D eigenvalue weighted by molar-refractivity contribution is 0.0293. The first-order chi connectivity index (χ1) is 10.7. The predicted octanol–water partition coefficient (Wildman–Crippen LogP) is 3.56. The van der Waals surface area contributed by atoms with Crippen LogP contribution in [-0.4, -0.2) is 32.6 Å². The largest absolute Gasteiger partial charge is 0.497 e. The molecule has 0 aliphatic carbocycles. The lowest BCUT2D eigenvalue weighted by Crippen LogP contribution is -2.11. The fraction of sp³-hybridized carbons (Fsp3) is 0.588. The second-order valence-electron chi connectivity index (χ2n) is 5.36. The molecule has 1 aromatic rings. The zero-order valence-corrected chi connectivity index (χ0v) is 13.5. The molecule has 0 bridgehead atoms. The van der Waals surface area contributed by atoms with Crippen LogP contribution in [0.2, 0.25) is 0 Å². The third-order valence-electron chi connectivity index (χ3n) is 3.73. The van der Waals surface area contributed by atoms with Crippen molar-refractivity contribution in [2.45, 2.75) is 51.4 Å². The van der Waals surface area contributed by atoms with Crippen molar-refractivity contribution in [2.75, 3.05) is 14.2 Å². The molecule has 2 rings (SSSR count). The van der Waals surface area contributed by atoms with Gasteiger partial charge in [-0.25, -0.2) is 4.79 Å². The van der Waals surface area contributed by atoms with Crippen molar-refractivity contribution >= 4 is 5.97 Å². The third kappa shape index (κ3) is 4.37. The van der Waals surface area contributed by atoms with E-state index in [1.54, 1.807) is 25.3 Å². The molecule has 1 aliphatic heterocycles. The minimum absolute atomic E-state index is 0.0463. The number of ether oxygens (including phenoxy) is 4. The molecule has 122 valence electrons. The maximum absolute atomic E-state index is 12.2. The van der Waals surface area contributed by atoms with Crippen molar-refractivity contribution in [1.29, 1.82) is 0 Å². The van der Waals surface area contributed by atoms with Gasteiger partial charge in [0.25, 0.3) is 0 Å². The van der Waals surface area contributed by atoms with Crippen molar-refractivity contribution < 1.29 is 23.7 Å². The van der Waals surface area contributed by atoms with E-state index in [-0.39, 0.29) is 6.10 Å². The molecule has 0 radical (unpaired) electrons. The van der Waals surface area contributed by atoms with Gasteiger partial charge in [-0.05, 0) is 18.6 Å². The normalized spacial score (nSPS) is 19.6. The van der Waals surface area contributed by atoms with Crippen LogP contribution in [0.3, 0.4) is 0 Å². The summed E-state index contributed by atoms with van der Waals surface area (Å²) in [6.07, 6.45) is 5.33. The van der Waals surface area contributed by atoms with Crippen molar-refractivity contribution in [2.24, 2.45) is 0 Å². The highest BCUT2D eigenvalue weighted by molar-refractivity contribution is 5.93. The second kappa shape index (κ2) is 8.03. The summed E-state index contributed by atoms with van der Waals surface area (Å²) < 4.78 is 21.1. The summed E-state index contributed by atoms with van der Waals surface area (Å²) in [4.78, 5) is 12.2. The standard InChI is InChI=1S/C17H24O5/c1-4-5-6-7-8-14-17(21-14)22-16(18)13-10-9-12(19-2)11-15(13)20-3/h9-11,14,17H,4-8H2,1-3H3/t14-,17+/m1/s1. The van der Waals surface area contributed by atoms with Gasteiger partial charge in [0.05, 0.1) is 14.2 Å². The maximum Gasteiger partial charge on any atom is 0.344 e. The van der Waals surface area contributed by atoms with E-state index in [2.05, 4.69) is 6.92 Å². The van der Waals surface area contributed by atoms with Crippen LogP contribution >= 0.6 is 0 Å². The van der Waals surface area contributed by atoms with Crippen LogP contribution in [0.15, 0.2) is 18.2 Å². The first kappa shape index (κ1) is 16.6. The summed E-state index contributed by atoms with van der Waals surface area (Å²) >= 11 is 0. The molecule has 0 saturated carbocycles. The van der Waals surface area contributed by atoms with Gasteiger partial charge in [-0.15, -0.1) is 0 Å². The van der Waals surface area contributed by atoms with Crippen molar-refractivity contribution in [3.8, 4) is 11.5 Å². The Hall–Kier alpha value is -1.75. The fourth-order valence-electron chi connectivity index (χ4n) is 2.34. The van der Waals surface area contributed by atoms with Crippen LogP contribution in [-0.2, 0) is 9.47 Å². The number of hydrogen-bond donors (Lipinski definition) is 0. The number of carbonyl (C=O) groups is 1. The van der Waals surface area contributed by atoms with Gasteiger partial charge in [-0.3, -0.25) is 0 Å². The molecular weight excluding hydrogens is 284 g/mol. The number of unbranched alkanes of at least 4 members (excludes halogenated alkanes) is 3. The van der Waals surface area contributed by atoms with Crippen LogP contribution in [0.1, 0.15) is 49.4 Å². The predicted molar refractivity (Wildman–Crippen MR) is 82.4 cm³/mol. The number of benzene rings is 1. The molecule has 0 unspecified atom stereocenters. The summed E-state index contributed by atoms with van der Waals surface area (Å²) in [5.74, 6) is 0.634. The van der Waals surface area contributed by atoms with Gasteiger partial charge in [0.1, 0.15) is 23.2 Å². The van der Waals surface area contributed by atoms with Gasteiger partial charge in [-0.2, -0.15) is 0 Å². The van der Waals surface area contributed by atoms with E-state index in [9.17, 15) is 4.79 Å². The molecular formula is C17H24O5. The Labute approximate surface area is 131 Å². The summed E-state index contributed by atoms with van der Waals surface area (Å²) in [5.41, 5.74) is 0.378. The van der Waals surface area contributed by atoms with Crippen LogP contribution < -0.4 is 9.47 Å². The second-order valence-corrected chi connectivity index (χ2v) is 5.36. The van der Waals surface area contributed by atoms with Gasteiger partial charge in [0.15, 0.2) is 0 Å². The topological polar surface area (TPSA) is 57.3 Å². The van der Waals surface area contributed by atoms with E-state index in [0.717, 1.165) is 12.8 Å². The van der Waals surface area contributed by atoms with Crippen molar-refractivity contribution in [3.63, 3.8) is 0 Å². The molecule has 1 fully saturated rings. The summed E-state index contributed by atoms with van der Waals surface area (Å²) in [7, 11) is 3.07. The van der Waals surface area contributed by atoms with E-state index in [0.29, 0.717) is 17.1 Å². The lowest BCUT2D eigenvalue weighted by atomic mass is 10.1. The Balaban J connectivity index is 1.83. The third-order valence-corrected chi connectivity index (χ3v) is 3.73. The minimum atomic E-state index is -0.430. The molecule has 1 aliphatic rings. The van der Waals surface area contributed by atoms with E-state index < -0.39 is 12.3 Å². The molecule has 1 saturated heterocycles. The number of rotatable bonds is 9. The first-order valence-corrected chi connectivity index (χ1v) is 7.78. The van der Waals surface area contributed by atoms with Crippen LogP contribution in [0.4, 0.5) is 0 Å². The monoisotopic (exact) mass is 308 g/mol. The van der Waals surface area contributed by atoms with Crippen LogP contribution in [0.25, 0.3) is 0 Å². The van der Waals surface area contributed by atoms with Gasteiger partial charge in [0, 0.05) is 6.07 Å². The Morgan fingerprint density at radius 2 is 2.00 bits per heavy atom. The highest BCUT2D eigenvalue weighted by Crippen LogP contribution is 2.31. The molecule has 5 nitrogen and oxygen atoms in total. The van der Waals surface area contributed by atoms with Gasteiger partial charge >= 0.3 is 5.97 Å². The number of esters is 1. The Bertz CT molecular complexity index is 500. The Morgan fingerprint density at radius 3 is 2.68 bits per heavy atom. The smallest absolute Gasteiger partial charge is 0.344 e. The van der Waals surface area contributed by atoms with Crippen LogP contribution in [0, 0.1) is 0 Å². The van der Waals surface area contributed by atoms with Crippen LogP contribution in [0.5, 0.6) is 11.5 Å². The molecule has 5 heteroatoms. The quantitative estimate of drug-likeness (QED) is 0.396. The highest BCUT2D eigenvalue weighted by atomic mass is 16.8. The molecule has 0 N–H and O–H groups in total. The number of carbonyl (C=O) groups excluding carboxylic acids is 1. The number of hydrogen-bond acceptors (Lipinski definition) is 5. The highest BCUT2D eigenvalue weighted by Gasteiger charge is 2.42. The molecule has 1 heterocycles. The minimum Gasteiger partial charge on any atom is -0.497 e. The van der Waals surface area contributed by atoms with Gasteiger partial charge in [-0.1, -0.05) is 32.6 Å². The summed E-state index contributed by atoms with van der Waals surface area (Å²) in [6.45, 7) is 2.18. The van der Waals surface area contributed by atoms with E-state index in [1.165, 1.54) is 26.4 Å². The number of methoxy groups -OCH3 is 2. The average Bonchev–Trinajstić information content (AvgIpc) is 3.28. The molecule has 0 aromatic heterocycles. The zero-order chi connectivity index (χ0) is 15.9. The number of epoxide rings is 1. The summed E-state index contributed by atoms with van der Waals surface area (Å²) in [6, 6.07) is 5.00. The Kier molecular flexibility index (Phi) is 6.07. The van der Waals surface area contributed by atoms with Crippen molar-refractivity contribution in [1.82, 2.24) is 0 Å². The van der Waals surface area contributed by atoms with E-state index in [1.807, 2.05) is 0 Å². The lowest BCUT2D eigenvalue weighted by Gasteiger charge is -2.09. The molecule has 0 amide bonds. The summed E-state index contributed by atoms with van der Waals surface area (Å²) in [5, 5.41) is 0. The van der Waals surface area contributed by atoms with E-state index >= 15 is 0 Å².